The number of aromatic nitrogens is 2. The minimum absolute atomic E-state index is 0.264. The van der Waals surface area contributed by atoms with E-state index in [1.807, 2.05) is 0 Å². The molecule has 0 saturated heterocycles. The van der Waals surface area contributed by atoms with E-state index in [0.717, 1.165) is 95.1 Å². The average Bonchev–Trinajstić information content (AvgIpc) is 4.16. The molecule has 0 atom stereocenters. The Morgan fingerprint density at radius 2 is 0.628 bits per heavy atom. The molecule has 4 heterocycles. The van der Waals surface area contributed by atoms with Gasteiger partial charge in [0, 0.05) is 49.5 Å². The van der Waals surface area contributed by atoms with E-state index in [1.54, 1.807) is 0 Å². The number of hydrogen-bond acceptors (Lipinski definition) is 2. The fourth-order valence-electron chi connectivity index (χ4n) is 13.2. The van der Waals surface area contributed by atoms with Crippen LogP contribution >= 0.6 is 0 Å². The summed E-state index contributed by atoms with van der Waals surface area (Å²) in [5.74, 6) is 3.28. The number of ether oxygens (including phenoxy) is 2. The van der Waals surface area contributed by atoms with Crippen molar-refractivity contribution in [2.45, 2.75) is 0 Å². The minimum atomic E-state index is -2.80. The van der Waals surface area contributed by atoms with Gasteiger partial charge in [-0.25, -0.2) is 0 Å². The average molecular weight is 1010 g/mol. The Kier molecular flexibility index (Phi) is 10.0. The van der Waals surface area contributed by atoms with Crippen LogP contribution in [0.4, 0.5) is 0 Å². The Balaban J connectivity index is 0.952. The standard InChI is InChI=1S/C72H47BN2O2Si/c1-5-21-48(22-6-1)60-47-61(49-37-41-55(42-38-49)78(52-23-7-2-8-24-52,53-25-9-3-10-26-53)54-27-11-4-12-28-54)72-70-71(60)76-68-43-39-50(74-64-33-17-13-29-56(64)57-30-14-18-34-65(57)74)45-62(68)73(70)63-46-51(40-44-69(63)77-72)75-66-35-19-15-31-58(66)59-32-16-20-36-67(59)75/h1-47H. The normalized spacial score (nSPS) is 12.5. The van der Waals surface area contributed by atoms with Crippen LogP contribution in [0.2, 0.25) is 0 Å². The molecular formula is C72H47BN2O2Si. The summed E-state index contributed by atoms with van der Waals surface area (Å²) < 4.78 is 19.7. The van der Waals surface area contributed by atoms with Crippen LogP contribution < -0.4 is 46.6 Å². The van der Waals surface area contributed by atoms with Gasteiger partial charge in [0.05, 0.1) is 22.1 Å². The van der Waals surface area contributed by atoms with E-state index in [0.29, 0.717) is 0 Å². The molecule has 0 saturated carbocycles. The largest absolute Gasteiger partial charge is 0.458 e. The zero-order chi connectivity index (χ0) is 51.3. The topological polar surface area (TPSA) is 28.3 Å². The lowest BCUT2D eigenvalue weighted by Crippen LogP contribution is -2.74. The van der Waals surface area contributed by atoms with Crippen molar-refractivity contribution in [1.82, 2.24) is 9.13 Å². The molecule has 78 heavy (non-hydrogen) atoms. The zero-order valence-corrected chi connectivity index (χ0v) is 43.4. The second-order valence-corrected chi connectivity index (χ2v) is 24.5. The summed E-state index contributed by atoms with van der Waals surface area (Å²) in [6, 6.07) is 104. The molecule has 0 spiro atoms. The number of hydrogen-bond donors (Lipinski definition) is 0. The predicted molar refractivity (Wildman–Crippen MR) is 327 cm³/mol. The summed E-state index contributed by atoms with van der Waals surface area (Å²) in [6.07, 6.45) is 0. The van der Waals surface area contributed by atoms with Gasteiger partial charge < -0.3 is 18.6 Å². The minimum Gasteiger partial charge on any atom is -0.458 e. The van der Waals surface area contributed by atoms with E-state index in [9.17, 15) is 0 Å². The molecular weight excluding hydrogens is 964 g/mol. The molecule has 364 valence electrons. The smallest absolute Gasteiger partial charge is 0.260 e. The van der Waals surface area contributed by atoms with Crippen LogP contribution in [-0.4, -0.2) is 23.9 Å². The molecule has 2 aliphatic heterocycles. The number of benzene rings is 12. The van der Waals surface area contributed by atoms with Crippen molar-refractivity contribution in [2.24, 2.45) is 0 Å². The maximum atomic E-state index is 7.50. The summed E-state index contributed by atoms with van der Waals surface area (Å²) >= 11 is 0. The van der Waals surface area contributed by atoms with Gasteiger partial charge in [-0.2, -0.15) is 0 Å². The monoisotopic (exact) mass is 1010 g/mol. The highest BCUT2D eigenvalue weighted by molar-refractivity contribution is 7.19. The quantitative estimate of drug-likeness (QED) is 0.112. The SMILES string of the molecule is c1ccc(-c2cc(-c3ccc([Si](c4ccccc4)(c4ccccc4)c4ccccc4)cc3)c3c4c2Oc2ccc(-n5c6ccccc6c6ccccc65)cc2B4c2cc(-n4c5ccccc5c5ccccc54)ccc2O3)cc1. The number of rotatable bonds is 8. The lowest BCUT2D eigenvalue weighted by Gasteiger charge is -2.36. The first-order valence-electron chi connectivity index (χ1n) is 26.9. The van der Waals surface area contributed by atoms with Gasteiger partial charge in [-0.15, -0.1) is 0 Å². The third kappa shape index (κ3) is 6.60. The summed E-state index contributed by atoms with van der Waals surface area (Å²) in [5, 5.41) is 10.2. The third-order valence-corrected chi connectivity index (χ3v) is 21.4. The molecule has 0 radical (unpaired) electrons. The van der Waals surface area contributed by atoms with E-state index in [1.165, 1.54) is 42.3 Å². The van der Waals surface area contributed by atoms with E-state index in [4.69, 9.17) is 9.47 Å². The summed E-state index contributed by atoms with van der Waals surface area (Å²) in [4.78, 5) is 0. The second kappa shape index (κ2) is 17.6. The highest BCUT2D eigenvalue weighted by atomic mass is 28.3. The molecule has 6 heteroatoms. The van der Waals surface area contributed by atoms with Gasteiger partial charge in [0.15, 0.2) is 8.07 Å². The summed E-state index contributed by atoms with van der Waals surface area (Å²) in [6.45, 7) is -0.264. The number of para-hydroxylation sites is 4. The molecule has 0 N–H and O–H groups in total. The Morgan fingerprint density at radius 3 is 1.03 bits per heavy atom. The van der Waals surface area contributed by atoms with Gasteiger partial charge in [-0.05, 0) is 110 Å². The Bertz CT molecular complexity index is 4340. The maximum Gasteiger partial charge on any atom is 0.260 e. The molecule has 0 bridgehead atoms. The first-order chi connectivity index (χ1) is 38.7. The molecule has 14 aromatic rings. The van der Waals surface area contributed by atoms with E-state index in [2.05, 4.69) is 294 Å². The second-order valence-electron chi connectivity index (χ2n) is 20.7. The lowest BCUT2D eigenvalue weighted by atomic mass is 9.34. The molecule has 0 fully saturated rings. The summed E-state index contributed by atoms with van der Waals surface area (Å²) in [7, 11) is -2.80. The lowest BCUT2D eigenvalue weighted by molar-refractivity contribution is 0.466. The molecule has 2 aliphatic rings. The van der Waals surface area contributed by atoms with Crippen LogP contribution in [0.5, 0.6) is 23.0 Å². The molecule has 0 aliphatic carbocycles. The first-order valence-corrected chi connectivity index (χ1v) is 28.9. The van der Waals surface area contributed by atoms with Gasteiger partial charge in [-0.1, -0.05) is 218 Å². The van der Waals surface area contributed by atoms with Crippen LogP contribution in [0.1, 0.15) is 0 Å². The van der Waals surface area contributed by atoms with Crippen molar-refractivity contribution in [3.63, 3.8) is 0 Å². The number of nitrogens with zero attached hydrogens (tertiary/aromatic N) is 2. The van der Waals surface area contributed by atoms with Gasteiger partial charge in [0.25, 0.3) is 6.71 Å². The van der Waals surface area contributed by atoms with Crippen LogP contribution in [-0.2, 0) is 0 Å². The van der Waals surface area contributed by atoms with Crippen LogP contribution in [0.15, 0.2) is 285 Å². The van der Waals surface area contributed by atoms with E-state index >= 15 is 0 Å². The van der Waals surface area contributed by atoms with Crippen molar-refractivity contribution in [3.05, 3.63) is 285 Å². The van der Waals surface area contributed by atoms with E-state index < -0.39 is 8.07 Å². The Morgan fingerprint density at radius 1 is 0.295 bits per heavy atom. The van der Waals surface area contributed by atoms with Gasteiger partial charge >= 0.3 is 0 Å². The van der Waals surface area contributed by atoms with Gasteiger partial charge in [0.2, 0.25) is 0 Å². The molecule has 16 rings (SSSR count). The Hall–Kier alpha value is -9.88. The van der Waals surface area contributed by atoms with Gasteiger partial charge in [0.1, 0.15) is 23.0 Å². The molecule has 0 amide bonds. The maximum absolute atomic E-state index is 7.50. The third-order valence-electron chi connectivity index (χ3n) is 16.6. The van der Waals surface area contributed by atoms with Crippen molar-refractivity contribution >= 4 is 95.5 Å². The van der Waals surface area contributed by atoms with Crippen LogP contribution in [0, 0.1) is 0 Å². The van der Waals surface area contributed by atoms with Crippen LogP contribution in [0.25, 0.3) is 77.2 Å². The summed E-state index contributed by atoms with van der Waals surface area (Å²) in [5.41, 5.74) is 14.2. The fourth-order valence-corrected chi connectivity index (χ4v) is 18.0. The van der Waals surface area contributed by atoms with Crippen molar-refractivity contribution in [2.75, 3.05) is 0 Å². The van der Waals surface area contributed by atoms with Crippen molar-refractivity contribution < 1.29 is 9.47 Å². The highest BCUT2D eigenvalue weighted by Gasteiger charge is 2.45. The van der Waals surface area contributed by atoms with Crippen LogP contribution in [0.3, 0.4) is 0 Å². The van der Waals surface area contributed by atoms with E-state index in [-0.39, 0.29) is 6.71 Å². The molecule has 12 aromatic carbocycles. The zero-order valence-electron chi connectivity index (χ0n) is 42.4. The first kappa shape index (κ1) is 44.4. The highest BCUT2D eigenvalue weighted by Crippen LogP contribution is 2.47. The number of fused-ring (bicyclic) bond motifs is 10. The molecule has 4 nitrogen and oxygen atoms in total. The Labute approximate surface area is 453 Å². The van der Waals surface area contributed by atoms with Gasteiger partial charge in [-0.3, -0.25) is 0 Å². The van der Waals surface area contributed by atoms with Crippen molar-refractivity contribution in [3.8, 4) is 56.6 Å². The fraction of sp³-hybridized carbons (Fsp3) is 0. The molecule has 2 aromatic heterocycles. The predicted octanol–water partition coefficient (Wildman–Crippen LogP) is 13.3. The molecule has 0 unspecified atom stereocenters. The van der Waals surface area contributed by atoms with Crippen molar-refractivity contribution in [1.29, 1.82) is 0 Å².